The van der Waals surface area contributed by atoms with Crippen LogP contribution in [0.4, 0.5) is 17.2 Å². The van der Waals surface area contributed by atoms with E-state index in [9.17, 15) is 23.6 Å². The van der Waals surface area contributed by atoms with Crippen LogP contribution < -0.4 is 15.2 Å². The summed E-state index contributed by atoms with van der Waals surface area (Å²) in [7, 11) is 0. The van der Waals surface area contributed by atoms with Gasteiger partial charge in [-0.05, 0) is 30.3 Å². The zero-order valence-corrected chi connectivity index (χ0v) is 17.0. The molecule has 0 aliphatic carbocycles. The molecule has 158 valence electrons. The summed E-state index contributed by atoms with van der Waals surface area (Å²) in [4.78, 5) is 28.5. The Hall–Kier alpha value is -4.33. The maximum Gasteiger partial charge on any atom is 0.336 e. The van der Waals surface area contributed by atoms with Crippen LogP contribution in [0.15, 0.2) is 82.1 Å². The van der Waals surface area contributed by atoms with Gasteiger partial charge in [0.2, 0.25) is 0 Å². The van der Waals surface area contributed by atoms with Crippen LogP contribution in [0.5, 0.6) is 0 Å². The smallest absolute Gasteiger partial charge is 0.336 e. The van der Waals surface area contributed by atoms with Gasteiger partial charge in [0.05, 0.1) is 28.1 Å². The van der Waals surface area contributed by atoms with Gasteiger partial charge < -0.3 is 14.3 Å². The fourth-order valence-corrected chi connectivity index (χ4v) is 3.67. The first kappa shape index (κ1) is 20.9. The van der Waals surface area contributed by atoms with Gasteiger partial charge in [0, 0.05) is 29.4 Å². The molecule has 2 aromatic heterocycles. The molecule has 1 N–H and O–H groups in total. The third-order valence-electron chi connectivity index (χ3n) is 4.50. The number of carbonyl (C=O) groups excluding carboxylic acids is 1. The minimum Gasteiger partial charge on any atom is -0.755 e. The summed E-state index contributed by atoms with van der Waals surface area (Å²) >= 11 is -2.79. The van der Waals surface area contributed by atoms with E-state index in [-0.39, 0.29) is 33.9 Å². The Morgan fingerprint density at radius 1 is 1.12 bits per heavy atom. The number of fused-ring (bicyclic) bond motifs is 1. The number of hydrogen-bond donors (Lipinski definition) is 1. The summed E-state index contributed by atoms with van der Waals surface area (Å²) in [6.45, 7) is 0. The number of hydrogen-bond acceptors (Lipinski definition) is 7. The predicted molar refractivity (Wildman–Crippen MR) is 117 cm³/mol. The zero-order chi connectivity index (χ0) is 22.7. The van der Waals surface area contributed by atoms with Crippen LogP contribution in [-0.4, -0.2) is 19.7 Å². The van der Waals surface area contributed by atoms with Crippen LogP contribution in [0.2, 0.25) is 0 Å². The molecule has 0 saturated carbocycles. The van der Waals surface area contributed by atoms with Gasteiger partial charge >= 0.3 is 5.63 Å². The van der Waals surface area contributed by atoms with Crippen molar-refractivity contribution in [1.29, 1.82) is 5.26 Å². The molecule has 10 heteroatoms. The zero-order valence-electron chi connectivity index (χ0n) is 16.2. The lowest BCUT2D eigenvalue weighted by molar-refractivity contribution is 0.102. The largest absolute Gasteiger partial charge is 0.755 e. The van der Waals surface area contributed by atoms with E-state index >= 15 is 0 Å². The van der Waals surface area contributed by atoms with Crippen molar-refractivity contribution in [2.45, 2.75) is 0 Å². The molecule has 0 aliphatic rings. The summed E-state index contributed by atoms with van der Waals surface area (Å²) in [5, 5.41) is 12.5. The Morgan fingerprint density at radius 3 is 2.72 bits per heavy atom. The molecular weight excluding hydrogens is 432 g/mol. The highest BCUT2D eigenvalue weighted by Gasteiger charge is 2.17. The molecule has 2 aromatic carbocycles. The molecule has 9 nitrogen and oxygen atoms in total. The van der Waals surface area contributed by atoms with Gasteiger partial charge in [0.25, 0.3) is 5.91 Å². The van der Waals surface area contributed by atoms with Gasteiger partial charge in [0.15, 0.2) is 5.58 Å². The molecule has 4 aromatic rings. The van der Waals surface area contributed by atoms with E-state index in [1.807, 2.05) is 6.07 Å². The number of nitrogens with zero attached hydrogens (tertiary/aromatic N) is 3. The van der Waals surface area contributed by atoms with Crippen molar-refractivity contribution in [2.75, 3.05) is 9.62 Å². The standard InChI is InChI=1S/C22H14N4O5S/c23-13-15-4-1-2-7-18(15)26(32(29)30)19-12-16(10-11-24-19)25-22(28)17-6-3-5-14-8-9-20(27)31-21(14)17/h1-12H,(H,29,30)(H,24,25,28)/p-1. The molecule has 1 amide bonds. The molecule has 32 heavy (non-hydrogen) atoms. The molecule has 0 bridgehead atoms. The van der Waals surface area contributed by atoms with Gasteiger partial charge in [-0.1, -0.05) is 24.3 Å². The van der Waals surface area contributed by atoms with Crippen LogP contribution >= 0.6 is 0 Å². The molecule has 0 aliphatic heterocycles. The highest BCUT2D eigenvalue weighted by Crippen LogP contribution is 2.29. The summed E-state index contributed by atoms with van der Waals surface area (Å²) in [5.41, 5.74) is 0.192. The first-order valence-electron chi connectivity index (χ1n) is 9.17. The fraction of sp³-hybridized carbons (Fsp3) is 0. The Bertz CT molecular complexity index is 1460. The van der Waals surface area contributed by atoms with Crippen LogP contribution in [0.1, 0.15) is 15.9 Å². The van der Waals surface area contributed by atoms with E-state index in [1.54, 1.807) is 30.3 Å². The van der Waals surface area contributed by atoms with Gasteiger partial charge in [-0.25, -0.2) is 9.78 Å². The van der Waals surface area contributed by atoms with Crippen molar-refractivity contribution in [3.8, 4) is 6.07 Å². The maximum atomic E-state index is 12.9. The van der Waals surface area contributed by atoms with E-state index in [1.165, 1.54) is 42.6 Å². The number of pyridine rings is 1. The SMILES string of the molecule is N#Cc1ccccc1N(c1cc(NC(=O)c2cccc3ccc(=O)oc23)ccn1)S(=O)[O-]. The molecule has 1 unspecified atom stereocenters. The van der Waals surface area contributed by atoms with Gasteiger partial charge in [-0.3, -0.25) is 13.3 Å². The van der Waals surface area contributed by atoms with Crippen molar-refractivity contribution < 1.29 is 18.0 Å². The van der Waals surface area contributed by atoms with Gasteiger partial charge in [-0.15, -0.1) is 0 Å². The number of nitrogens with one attached hydrogen (secondary N) is 1. The Labute approximate surface area is 184 Å². The molecule has 0 fully saturated rings. The van der Waals surface area contributed by atoms with Crippen LogP contribution in [-0.2, 0) is 11.3 Å². The number of benzene rings is 2. The number of anilines is 3. The highest BCUT2D eigenvalue weighted by molar-refractivity contribution is 7.81. The van der Waals surface area contributed by atoms with Crippen molar-refractivity contribution in [3.63, 3.8) is 0 Å². The summed E-state index contributed by atoms with van der Waals surface area (Å²) in [5.74, 6) is -0.586. The van der Waals surface area contributed by atoms with E-state index in [0.29, 0.717) is 5.39 Å². The fourth-order valence-electron chi connectivity index (χ4n) is 3.10. The van der Waals surface area contributed by atoms with Gasteiger partial charge in [-0.2, -0.15) is 5.26 Å². The first-order valence-corrected chi connectivity index (χ1v) is 10.2. The quantitative estimate of drug-likeness (QED) is 0.367. The minimum absolute atomic E-state index is 0.0247. The lowest BCUT2D eigenvalue weighted by Crippen LogP contribution is -2.22. The Balaban J connectivity index is 1.70. The van der Waals surface area contributed by atoms with Crippen molar-refractivity contribution in [2.24, 2.45) is 0 Å². The second kappa shape index (κ2) is 8.81. The molecule has 4 rings (SSSR count). The molecule has 2 heterocycles. The van der Waals surface area contributed by atoms with Crippen LogP contribution in [0.3, 0.4) is 0 Å². The lowest BCUT2D eigenvalue weighted by Gasteiger charge is -2.26. The Morgan fingerprint density at radius 2 is 1.94 bits per heavy atom. The summed E-state index contributed by atoms with van der Waals surface area (Å²) in [6.07, 6.45) is 1.32. The predicted octanol–water partition coefficient (Wildman–Crippen LogP) is 3.24. The molecular formula is C22H13N4O5S-. The molecule has 1 atom stereocenters. The number of amides is 1. The average Bonchev–Trinajstić information content (AvgIpc) is 2.79. The van der Waals surface area contributed by atoms with E-state index in [4.69, 9.17) is 4.42 Å². The number of aromatic nitrogens is 1. The third kappa shape index (κ3) is 4.11. The first-order chi connectivity index (χ1) is 15.5. The second-order valence-corrected chi connectivity index (χ2v) is 7.28. The van der Waals surface area contributed by atoms with Crippen LogP contribution in [0, 0.1) is 11.3 Å². The maximum absolute atomic E-state index is 12.9. The number of carbonyl (C=O) groups is 1. The van der Waals surface area contributed by atoms with E-state index in [2.05, 4.69) is 10.3 Å². The average molecular weight is 445 g/mol. The lowest BCUT2D eigenvalue weighted by atomic mass is 10.1. The molecule has 0 saturated heterocycles. The number of rotatable bonds is 5. The van der Waals surface area contributed by atoms with Crippen LogP contribution in [0.25, 0.3) is 11.0 Å². The minimum atomic E-state index is -2.79. The van der Waals surface area contributed by atoms with Gasteiger partial charge in [0.1, 0.15) is 11.9 Å². The summed E-state index contributed by atoms with van der Waals surface area (Å²) < 4.78 is 29.9. The number of para-hydroxylation sites is 2. The molecule has 0 spiro atoms. The van der Waals surface area contributed by atoms with Crippen molar-refractivity contribution in [3.05, 3.63) is 94.5 Å². The van der Waals surface area contributed by atoms with E-state index < -0.39 is 22.8 Å². The highest BCUT2D eigenvalue weighted by atomic mass is 32.2. The van der Waals surface area contributed by atoms with E-state index in [0.717, 1.165) is 4.31 Å². The monoisotopic (exact) mass is 445 g/mol. The number of nitriles is 1. The summed E-state index contributed by atoms with van der Waals surface area (Å²) in [6, 6.07) is 18.6. The van der Waals surface area contributed by atoms with Crippen molar-refractivity contribution in [1.82, 2.24) is 4.98 Å². The third-order valence-corrected chi connectivity index (χ3v) is 5.18. The topological polar surface area (TPSA) is 139 Å². The second-order valence-electron chi connectivity index (χ2n) is 6.48. The normalized spacial score (nSPS) is 11.5. The molecule has 0 radical (unpaired) electrons. The Kier molecular flexibility index (Phi) is 5.76. The van der Waals surface area contributed by atoms with Crippen molar-refractivity contribution >= 4 is 45.3 Å².